The van der Waals surface area contributed by atoms with Crippen LogP contribution in [0.5, 0.6) is 0 Å². The predicted octanol–water partition coefficient (Wildman–Crippen LogP) is -5.45. The summed E-state index contributed by atoms with van der Waals surface area (Å²) >= 11 is 0. The van der Waals surface area contributed by atoms with Gasteiger partial charge >= 0.3 is 0 Å². The largest absolute Gasteiger partial charge is 0.389 e. The number of amides is 4. The maximum Gasteiger partial charge on any atom is 0.280 e. The van der Waals surface area contributed by atoms with E-state index in [2.05, 4.69) is 30.9 Å². The van der Waals surface area contributed by atoms with Gasteiger partial charge in [0.2, 0.25) is 29.6 Å². The number of carbonyl (C=O) groups excluding carboxylic acids is 4. The van der Waals surface area contributed by atoms with Crippen molar-refractivity contribution in [2.45, 2.75) is 132 Å². The molecule has 24 heteroatoms. The highest BCUT2D eigenvalue weighted by molar-refractivity contribution is 5.86. The van der Waals surface area contributed by atoms with Gasteiger partial charge in [-0.15, -0.1) is 0 Å². The molecule has 2 fully saturated rings. The quantitative estimate of drug-likeness (QED) is 0.0492. The van der Waals surface area contributed by atoms with Crippen LogP contribution in [0, 0.1) is 0 Å². The van der Waals surface area contributed by atoms with E-state index in [1.807, 2.05) is 0 Å². The average Bonchev–Trinajstić information content (AvgIpc) is 3.59. The Morgan fingerprint density at radius 3 is 2.33 bits per heavy atom. The van der Waals surface area contributed by atoms with Gasteiger partial charge in [0.05, 0.1) is 25.0 Å². The molecule has 1 aliphatic carbocycles. The van der Waals surface area contributed by atoms with Crippen LogP contribution in [0.25, 0.3) is 11.2 Å². The number of fused-ring (bicyclic) bond motifs is 1. The lowest BCUT2D eigenvalue weighted by molar-refractivity contribution is -0.291. The Morgan fingerprint density at radius 1 is 0.967 bits per heavy atom. The molecule has 17 N–H and O–H groups in total. The van der Waals surface area contributed by atoms with Gasteiger partial charge in [-0.1, -0.05) is 12.8 Å². The van der Waals surface area contributed by atoms with Crippen molar-refractivity contribution in [2.75, 3.05) is 45.1 Å². The zero-order valence-electron chi connectivity index (χ0n) is 34.1. The Bertz CT molecular complexity index is 1780. The van der Waals surface area contributed by atoms with Crippen molar-refractivity contribution in [2.24, 2.45) is 22.9 Å². The van der Waals surface area contributed by atoms with Gasteiger partial charge in [0.15, 0.2) is 17.5 Å². The molecule has 0 bridgehead atoms. The van der Waals surface area contributed by atoms with Gasteiger partial charge in [-0.05, 0) is 33.1 Å². The molecule has 0 aromatic carbocycles. The van der Waals surface area contributed by atoms with Crippen LogP contribution < -0.4 is 50.2 Å². The molecule has 4 rings (SSSR count). The summed E-state index contributed by atoms with van der Waals surface area (Å²) in [5.41, 5.74) is 29.4. The third-order valence-corrected chi connectivity index (χ3v) is 10.3. The smallest absolute Gasteiger partial charge is 0.280 e. The maximum absolute atomic E-state index is 13.3. The normalized spacial score (nSPS) is 26.8. The highest BCUT2D eigenvalue weighted by atomic mass is 16.7. The number of carbonyl (C=O) groups is 4. The molecule has 2 aromatic rings. The van der Waals surface area contributed by atoms with Crippen molar-refractivity contribution >= 4 is 40.7 Å². The number of nitrogens with zero attached hydrogens (tertiary/aromatic N) is 4. The number of aliphatic hydroxyl groups is 3. The second kappa shape index (κ2) is 23.0. The van der Waals surface area contributed by atoms with Gasteiger partial charge < -0.3 is 83.6 Å². The first-order chi connectivity index (χ1) is 28.5. The Kier molecular flexibility index (Phi) is 18.5. The standard InChI is InChI=1S/C36H63N13O11/c1-18(2)45-24(52)15-48(25(53)16-49-17-44-27-33(49)46-36(41)47-34(27)57)11-10-43-23(51)8-7-22(50)42-9-5-3-4-6-12-58-32-28(54)19(38)13-20(39)31(32)60-35-26(40)30(56)29(55)21(14-37)59-35/h17-21,26,28-32,35,54-56H,3-16,37-40H2,1-2H3,(H,42,50)(H,43,51)(H,45,52)(H3,41,46,47,57)/t19-,20+,21-,26-,28+,29-,30-,31-,32-,35-/m1/s1. The Morgan fingerprint density at radius 2 is 1.65 bits per heavy atom. The van der Waals surface area contributed by atoms with E-state index in [9.17, 15) is 39.3 Å². The van der Waals surface area contributed by atoms with Crippen molar-refractivity contribution in [3.63, 3.8) is 0 Å². The van der Waals surface area contributed by atoms with Crippen LogP contribution in [-0.2, 0) is 39.9 Å². The minimum absolute atomic E-state index is 0.00102. The van der Waals surface area contributed by atoms with Crippen LogP contribution in [0.4, 0.5) is 5.95 Å². The monoisotopic (exact) mass is 853 g/mol. The van der Waals surface area contributed by atoms with Crippen LogP contribution in [0.3, 0.4) is 0 Å². The van der Waals surface area contributed by atoms with E-state index < -0.39 is 84.3 Å². The SMILES string of the molecule is CC(C)NC(=O)CN(CCNC(=O)CCC(=O)NCCCCCCO[C@@H]1[C@@H](O)[C@H](N)C[C@H](N)[C@H]1O[C@H]1O[C@H](CN)[C@@H](O)[C@H](O)[C@H]1N)C(=O)Cn1cnc2c(=O)[nH]c(N)nc21. The third-order valence-electron chi connectivity index (χ3n) is 10.3. The number of nitrogens with one attached hydrogen (secondary N) is 4. The maximum atomic E-state index is 13.3. The third kappa shape index (κ3) is 13.6. The Hall–Kier alpha value is -4.37. The second-order valence-corrected chi connectivity index (χ2v) is 15.5. The van der Waals surface area contributed by atoms with Gasteiger partial charge in [0.25, 0.3) is 5.56 Å². The van der Waals surface area contributed by atoms with Crippen LogP contribution >= 0.6 is 0 Å². The number of nitrogens with two attached hydrogens (primary N) is 5. The molecule has 338 valence electrons. The van der Waals surface area contributed by atoms with Crippen molar-refractivity contribution in [1.82, 2.24) is 40.4 Å². The minimum atomic E-state index is -1.35. The number of aromatic nitrogens is 4. The molecule has 2 aromatic heterocycles. The van der Waals surface area contributed by atoms with Gasteiger partial charge in [-0.3, -0.25) is 29.0 Å². The summed E-state index contributed by atoms with van der Waals surface area (Å²) in [4.78, 5) is 74.6. The molecule has 4 amide bonds. The summed E-state index contributed by atoms with van der Waals surface area (Å²) in [6.45, 7) is 3.55. The summed E-state index contributed by atoms with van der Waals surface area (Å²) in [6.07, 6.45) is -3.43. The molecule has 0 spiro atoms. The second-order valence-electron chi connectivity index (χ2n) is 15.5. The van der Waals surface area contributed by atoms with Crippen molar-refractivity contribution < 1.29 is 48.7 Å². The fraction of sp³-hybridized carbons (Fsp3) is 0.750. The Balaban J connectivity index is 1.13. The molecule has 24 nitrogen and oxygen atoms in total. The first kappa shape index (κ1) is 48.3. The van der Waals surface area contributed by atoms with Gasteiger partial charge in [-0.2, -0.15) is 4.98 Å². The van der Waals surface area contributed by atoms with Gasteiger partial charge in [-0.25, -0.2) is 4.98 Å². The summed E-state index contributed by atoms with van der Waals surface area (Å²) in [7, 11) is 0. The number of aromatic amines is 1. The van der Waals surface area contributed by atoms with E-state index in [4.69, 9.17) is 42.9 Å². The fourth-order valence-corrected chi connectivity index (χ4v) is 6.99. The van der Waals surface area contributed by atoms with E-state index >= 15 is 0 Å². The van der Waals surface area contributed by atoms with Crippen molar-refractivity contribution in [3.05, 3.63) is 16.7 Å². The lowest BCUT2D eigenvalue weighted by Gasteiger charge is -2.46. The van der Waals surface area contributed by atoms with E-state index in [0.29, 0.717) is 19.4 Å². The van der Waals surface area contributed by atoms with Crippen molar-refractivity contribution in [3.8, 4) is 0 Å². The van der Waals surface area contributed by atoms with E-state index in [0.717, 1.165) is 12.8 Å². The summed E-state index contributed by atoms with van der Waals surface area (Å²) in [5.74, 6) is -1.75. The number of nitrogen functional groups attached to an aromatic ring is 1. The zero-order valence-corrected chi connectivity index (χ0v) is 34.1. The number of rotatable bonds is 22. The van der Waals surface area contributed by atoms with Crippen LogP contribution in [0.15, 0.2) is 11.1 Å². The number of aliphatic hydroxyl groups excluding tert-OH is 3. The highest BCUT2D eigenvalue weighted by Gasteiger charge is 2.48. The predicted molar refractivity (Wildman–Crippen MR) is 215 cm³/mol. The summed E-state index contributed by atoms with van der Waals surface area (Å²) in [6, 6.07) is -2.56. The summed E-state index contributed by atoms with van der Waals surface area (Å²) in [5, 5.41) is 39.6. The molecular weight excluding hydrogens is 790 g/mol. The average molecular weight is 854 g/mol. The number of unbranched alkanes of at least 4 members (excludes halogenated alkanes) is 3. The number of anilines is 1. The van der Waals surface area contributed by atoms with Gasteiger partial charge in [0.1, 0.15) is 37.1 Å². The molecule has 0 unspecified atom stereocenters. The first-order valence-corrected chi connectivity index (χ1v) is 20.2. The number of hydrogen-bond acceptors (Lipinski definition) is 18. The van der Waals surface area contributed by atoms with Crippen molar-refractivity contribution in [1.29, 1.82) is 0 Å². The van der Waals surface area contributed by atoms with Gasteiger partial charge in [0, 0.05) is 63.8 Å². The molecule has 2 aliphatic rings. The Labute approximate surface area is 346 Å². The van der Waals surface area contributed by atoms with Crippen LogP contribution in [-0.4, -0.2) is 170 Å². The zero-order chi connectivity index (χ0) is 44.1. The lowest BCUT2D eigenvalue weighted by Crippen LogP contribution is -2.67. The molecule has 60 heavy (non-hydrogen) atoms. The van der Waals surface area contributed by atoms with E-state index in [-0.39, 0.29) is 87.7 Å². The highest BCUT2D eigenvalue weighted by Crippen LogP contribution is 2.29. The molecule has 1 aliphatic heterocycles. The number of H-pyrrole nitrogens is 1. The number of imidazole rings is 1. The lowest BCUT2D eigenvalue weighted by atomic mass is 9.84. The molecule has 3 heterocycles. The molecule has 1 saturated carbocycles. The fourth-order valence-electron chi connectivity index (χ4n) is 6.99. The topological polar surface area (TPSA) is 390 Å². The van der Waals surface area contributed by atoms with E-state index in [1.165, 1.54) is 15.8 Å². The molecule has 10 atom stereocenters. The number of ether oxygens (including phenoxy) is 3. The molecule has 0 radical (unpaired) electrons. The van der Waals surface area contributed by atoms with E-state index in [1.54, 1.807) is 13.8 Å². The molecular formula is C36H63N13O11. The molecule has 1 saturated heterocycles. The minimum Gasteiger partial charge on any atom is -0.389 e. The number of hydrogen-bond donors (Lipinski definition) is 12. The summed E-state index contributed by atoms with van der Waals surface area (Å²) < 4.78 is 19.1. The first-order valence-electron chi connectivity index (χ1n) is 20.2. The van der Waals surface area contributed by atoms with Crippen LogP contribution in [0.1, 0.15) is 58.8 Å². The van der Waals surface area contributed by atoms with Crippen LogP contribution in [0.2, 0.25) is 0 Å².